The molecule has 2 fully saturated rings. The summed E-state index contributed by atoms with van der Waals surface area (Å²) in [5.41, 5.74) is -0.181. The molecule has 0 bridgehead atoms. The standard InChI is InChI=1S/C12H21N3O2/c1-13(2)10(16)7-15-6-4-5-12(9-15)8-14(3)11(12)17/h4-9H2,1-3H3/t12-/m0/s1. The number of nitrogens with zero attached hydrogens (tertiary/aromatic N) is 3. The number of carbonyl (C=O) groups excluding carboxylic acids is 2. The lowest BCUT2D eigenvalue weighted by Crippen LogP contribution is -2.66. The molecule has 2 rings (SSSR count). The Kier molecular flexibility index (Phi) is 3.12. The molecule has 5 heteroatoms. The van der Waals surface area contributed by atoms with Crippen LogP contribution in [0.1, 0.15) is 12.8 Å². The van der Waals surface area contributed by atoms with Gasteiger partial charge in [-0.15, -0.1) is 0 Å². The van der Waals surface area contributed by atoms with E-state index in [0.717, 1.165) is 32.5 Å². The summed E-state index contributed by atoms with van der Waals surface area (Å²) in [5, 5.41) is 0. The molecular formula is C12H21N3O2. The Bertz CT molecular complexity index is 339. The van der Waals surface area contributed by atoms with Crippen molar-refractivity contribution in [3.63, 3.8) is 0 Å². The second-order valence-electron chi connectivity index (χ2n) is 5.54. The van der Waals surface area contributed by atoms with Gasteiger partial charge < -0.3 is 9.80 Å². The Morgan fingerprint density at radius 2 is 2.12 bits per heavy atom. The lowest BCUT2D eigenvalue weighted by Gasteiger charge is -2.51. The van der Waals surface area contributed by atoms with Crippen LogP contribution < -0.4 is 0 Å². The fourth-order valence-electron chi connectivity index (χ4n) is 2.91. The maximum atomic E-state index is 11.9. The first kappa shape index (κ1) is 12.4. The van der Waals surface area contributed by atoms with E-state index in [2.05, 4.69) is 4.90 Å². The van der Waals surface area contributed by atoms with Gasteiger partial charge in [0, 0.05) is 34.2 Å². The molecule has 96 valence electrons. The van der Waals surface area contributed by atoms with Crippen molar-refractivity contribution in [2.45, 2.75) is 12.8 Å². The van der Waals surface area contributed by atoms with E-state index in [1.165, 1.54) is 0 Å². The van der Waals surface area contributed by atoms with Gasteiger partial charge in [-0.25, -0.2) is 0 Å². The first-order valence-electron chi connectivity index (χ1n) is 6.13. The fraction of sp³-hybridized carbons (Fsp3) is 0.833. The minimum absolute atomic E-state index is 0.113. The molecule has 0 aliphatic carbocycles. The van der Waals surface area contributed by atoms with Gasteiger partial charge in [0.25, 0.3) is 0 Å². The molecule has 0 aromatic carbocycles. The van der Waals surface area contributed by atoms with Gasteiger partial charge in [-0.05, 0) is 19.4 Å². The van der Waals surface area contributed by atoms with Gasteiger partial charge in [0.05, 0.1) is 12.0 Å². The zero-order valence-corrected chi connectivity index (χ0v) is 10.9. The maximum Gasteiger partial charge on any atom is 0.236 e. The van der Waals surface area contributed by atoms with Crippen molar-refractivity contribution in [3.8, 4) is 0 Å². The Hall–Kier alpha value is -1.10. The highest BCUT2D eigenvalue weighted by atomic mass is 16.2. The van der Waals surface area contributed by atoms with Crippen LogP contribution in [-0.4, -0.2) is 73.8 Å². The Morgan fingerprint density at radius 3 is 2.65 bits per heavy atom. The molecule has 2 aliphatic rings. The van der Waals surface area contributed by atoms with Crippen LogP contribution >= 0.6 is 0 Å². The number of amides is 2. The third kappa shape index (κ3) is 2.16. The van der Waals surface area contributed by atoms with Crippen LogP contribution in [0.2, 0.25) is 0 Å². The average molecular weight is 239 g/mol. The van der Waals surface area contributed by atoms with Gasteiger partial charge in [-0.1, -0.05) is 0 Å². The highest BCUT2D eigenvalue weighted by Crippen LogP contribution is 2.39. The van der Waals surface area contributed by atoms with E-state index in [1.807, 2.05) is 7.05 Å². The summed E-state index contributed by atoms with van der Waals surface area (Å²) >= 11 is 0. The fourth-order valence-corrected chi connectivity index (χ4v) is 2.91. The SMILES string of the molecule is CN(C)C(=O)CN1CCC[C@@]2(C1)CN(C)C2=O. The molecule has 1 atom stereocenters. The number of β-lactam (4-membered cyclic amide) rings is 1. The lowest BCUT2D eigenvalue weighted by molar-refractivity contribution is -0.164. The number of likely N-dealkylation sites (tertiary alicyclic amines) is 2. The van der Waals surface area contributed by atoms with Crippen molar-refractivity contribution in [1.82, 2.24) is 14.7 Å². The zero-order valence-electron chi connectivity index (χ0n) is 10.9. The van der Waals surface area contributed by atoms with E-state index in [9.17, 15) is 9.59 Å². The van der Waals surface area contributed by atoms with E-state index in [0.29, 0.717) is 6.54 Å². The number of rotatable bonds is 2. The molecule has 0 radical (unpaired) electrons. The average Bonchev–Trinajstić information content (AvgIpc) is 2.29. The number of carbonyl (C=O) groups is 2. The van der Waals surface area contributed by atoms with Gasteiger partial charge in [-0.3, -0.25) is 14.5 Å². The predicted molar refractivity (Wildman–Crippen MR) is 64.4 cm³/mol. The molecule has 17 heavy (non-hydrogen) atoms. The van der Waals surface area contributed by atoms with E-state index in [-0.39, 0.29) is 17.2 Å². The Morgan fingerprint density at radius 1 is 1.41 bits per heavy atom. The van der Waals surface area contributed by atoms with Crippen LogP contribution in [0.5, 0.6) is 0 Å². The molecule has 0 aromatic heterocycles. The molecule has 1 spiro atoms. The molecular weight excluding hydrogens is 218 g/mol. The predicted octanol–water partition coefficient (Wildman–Crippen LogP) is -0.371. The number of piperidine rings is 1. The summed E-state index contributed by atoms with van der Waals surface area (Å²) in [6.45, 7) is 2.96. The zero-order chi connectivity index (χ0) is 12.6. The van der Waals surface area contributed by atoms with Crippen LogP contribution in [0.25, 0.3) is 0 Å². The summed E-state index contributed by atoms with van der Waals surface area (Å²) in [4.78, 5) is 29.1. The van der Waals surface area contributed by atoms with E-state index >= 15 is 0 Å². The van der Waals surface area contributed by atoms with Crippen molar-refractivity contribution in [3.05, 3.63) is 0 Å². The quantitative estimate of drug-likeness (QED) is 0.618. The van der Waals surface area contributed by atoms with E-state index in [4.69, 9.17) is 0 Å². The van der Waals surface area contributed by atoms with Gasteiger partial charge in [0.1, 0.15) is 0 Å². The molecule has 0 aromatic rings. The second-order valence-corrected chi connectivity index (χ2v) is 5.54. The Labute approximate surface area is 102 Å². The van der Waals surface area contributed by atoms with Crippen LogP contribution in [-0.2, 0) is 9.59 Å². The third-order valence-electron chi connectivity index (χ3n) is 3.85. The minimum Gasteiger partial charge on any atom is -0.348 e. The second kappa shape index (κ2) is 4.29. The molecule has 2 aliphatic heterocycles. The number of likely N-dealkylation sites (N-methyl/N-ethyl adjacent to an activating group) is 1. The van der Waals surface area contributed by atoms with Crippen molar-refractivity contribution in [2.75, 3.05) is 47.3 Å². The van der Waals surface area contributed by atoms with Crippen LogP contribution in [0.3, 0.4) is 0 Å². The van der Waals surface area contributed by atoms with Crippen LogP contribution in [0, 0.1) is 5.41 Å². The smallest absolute Gasteiger partial charge is 0.236 e. The van der Waals surface area contributed by atoms with Crippen LogP contribution in [0.15, 0.2) is 0 Å². The lowest BCUT2D eigenvalue weighted by atomic mass is 9.72. The molecule has 0 unspecified atom stereocenters. The highest BCUT2D eigenvalue weighted by molar-refractivity contribution is 5.89. The van der Waals surface area contributed by atoms with E-state index < -0.39 is 0 Å². The molecule has 2 amide bonds. The number of hydrogen-bond donors (Lipinski definition) is 0. The molecule has 5 nitrogen and oxygen atoms in total. The molecule has 2 heterocycles. The summed E-state index contributed by atoms with van der Waals surface area (Å²) in [6.07, 6.45) is 1.99. The van der Waals surface area contributed by atoms with Gasteiger partial charge in [0.15, 0.2) is 0 Å². The maximum absolute atomic E-state index is 11.9. The van der Waals surface area contributed by atoms with Crippen molar-refractivity contribution >= 4 is 11.8 Å². The topological polar surface area (TPSA) is 43.9 Å². The summed E-state index contributed by atoms with van der Waals surface area (Å²) in [5.74, 6) is 0.363. The first-order valence-corrected chi connectivity index (χ1v) is 6.13. The highest BCUT2D eigenvalue weighted by Gasteiger charge is 2.52. The summed E-state index contributed by atoms with van der Waals surface area (Å²) in [7, 11) is 5.38. The summed E-state index contributed by atoms with van der Waals surface area (Å²) < 4.78 is 0. The number of hydrogen-bond acceptors (Lipinski definition) is 3. The molecule has 0 N–H and O–H groups in total. The normalized spacial score (nSPS) is 29.4. The molecule has 0 saturated carbocycles. The minimum atomic E-state index is -0.181. The summed E-state index contributed by atoms with van der Waals surface area (Å²) in [6, 6.07) is 0. The first-order chi connectivity index (χ1) is 7.94. The van der Waals surface area contributed by atoms with Crippen molar-refractivity contribution < 1.29 is 9.59 Å². The van der Waals surface area contributed by atoms with Crippen molar-refractivity contribution in [1.29, 1.82) is 0 Å². The van der Waals surface area contributed by atoms with Gasteiger partial charge >= 0.3 is 0 Å². The van der Waals surface area contributed by atoms with Gasteiger partial charge in [-0.2, -0.15) is 0 Å². The van der Waals surface area contributed by atoms with Gasteiger partial charge in [0.2, 0.25) is 11.8 Å². The monoisotopic (exact) mass is 239 g/mol. The van der Waals surface area contributed by atoms with Crippen LogP contribution in [0.4, 0.5) is 0 Å². The molecule has 2 saturated heterocycles. The third-order valence-corrected chi connectivity index (χ3v) is 3.85. The van der Waals surface area contributed by atoms with Crippen molar-refractivity contribution in [2.24, 2.45) is 5.41 Å². The van der Waals surface area contributed by atoms with E-state index in [1.54, 1.807) is 23.9 Å². The Balaban J connectivity index is 1.94. The largest absolute Gasteiger partial charge is 0.348 e.